The van der Waals surface area contributed by atoms with Crippen molar-refractivity contribution in [2.24, 2.45) is 0 Å². The van der Waals surface area contributed by atoms with E-state index in [1.54, 1.807) is 42.5 Å². The Balaban J connectivity index is 1.36. The molecule has 2 N–H and O–H groups in total. The van der Waals surface area contributed by atoms with Crippen LogP contribution in [0.4, 0.5) is 13.2 Å². The molecule has 5 aliphatic rings. The highest BCUT2D eigenvalue weighted by Gasteiger charge is 2.39. The second-order valence-electron chi connectivity index (χ2n) is 10.2. The molecule has 226 valence electrons. The molecule has 5 aliphatic heterocycles. The van der Waals surface area contributed by atoms with Gasteiger partial charge in [0.05, 0.1) is 25.3 Å². The van der Waals surface area contributed by atoms with E-state index >= 15 is 0 Å². The Kier molecular flexibility index (Phi) is 8.69. The van der Waals surface area contributed by atoms with Crippen LogP contribution in [0.15, 0.2) is 60.8 Å². The van der Waals surface area contributed by atoms with E-state index in [9.17, 15) is 27.6 Å². The zero-order valence-electron chi connectivity index (χ0n) is 23.1. The Hall–Kier alpha value is -4.81. The lowest BCUT2D eigenvalue weighted by Gasteiger charge is -2.21. The van der Waals surface area contributed by atoms with Gasteiger partial charge in [-0.25, -0.2) is 0 Å². The van der Waals surface area contributed by atoms with E-state index in [1.165, 1.54) is 12.0 Å². The van der Waals surface area contributed by atoms with E-state index in [4.69, 9.17) is 14.2 Å². The number of hydrogen-bond acceptors (Lipinski definition) is 7. The molecule has 8 rings (SSSR count). The van der Waals surface area contributed by atoms with Crippen LogP contribution in [-0.2, 0) is 28.7 Å². The molecular weight excluding hydrogens is 569 g/mol. The van der Waals surface area contributed by atoms with Gasteiger partial charge in [0.25, 0.3) is 11.8 Å². The molecule has 43 heavy (non-hydrogen) atoms. The molecule has 0 aliphatic carbocycles. The number of ether oxygens (including phenoxy) is 3. The van der Waals surface area contributed by atoms with Crippen LogP contribution in [0.2, 0.25) is 0 Å². The van der Waals surface area contributed by atoms with E-state index in [2.05, 4.69) is 15.6 Å². The van der Waals surface area contributed by atoms with Gasteiger partial charge in [0.15, 0.2) is 18.1 Å². The van der Waals surface area contributed by atoms with Crippen molar-refractivity contribution in [2.45, 2.75) is 37.7 Å². The summed E-state index contributed by atoms with van der Waals surface area (Å²) in [6.07, 6.45) is -3.86. The Morgan fingerprint density at radius 1 is 1.00 bits per heavy atom. The zero-order valence-corrected chi connectivity index (χ0v) is 23.1. The molecule has 2 atom stereocenters. The number of halogens is 3. The molecule has 3 aromatic rings. The maximum atomic E-state index is 13.2. The fraction of sp³-hybridized carbons (Fsp3) is 0.333. The average Bonchev–Trinajstić information content (AvgIpc) is 3.39. The molecule has 0 unspecified atom stereocenters. The van der Waals surface area contributed by atoms with Crippen molar-refractivity contribution in [1.82, 2.24) is 20.5 Å². The molecule has 0 saturated carbocycles. The number of carbonyl (C=O) groups is 3. The number of carbonyl (C=O) groups excluding carboxylic acids is 3. The molecule has 0 radical (unpaired) electrons. The number of pyridine rings is 1. The van der Waals surface area contributed by atoms with Gasteiger partial charge in [-0.05, 0) is 53.9 Å². The number of methoxy groups -OCH3 is 1. The minimum atomic E-state index is -4.62. The van der Waals surface area contributed by atoms with Crippen LogP contribution in [-0.4, -0.2) is 66.6 Å². The van der Waals surface area contributed by atoms with Gasteiger partial charge in [0.1, 0.15) is 17.5 Å². The van der Waals surface area contributed by atoms with E-state index in [0.29, 0.717) is 23.7 Å². The first-order chi connectivity index (χ1) is 20.6. The second-order valence-corrected chi connectivity index (χ2v) is 10.2. The fourth-order valence-corrected chi connectivity index (χ4v) is 4.85. The zero-order chi connectivity index (χ0) is 30.6. The Bertz CT molecular complexity index is 1480. The first-order valence-electron chi connectivity index (χ1n) is 13.5. The highest BCUT2D eigenvalue weighted by Crippen LogP contribution is 2.29. The third-order valence-electron chi connectivity index (χ3n) is 7.13. The summed E-state index contributed by atoms with van der Waals surface area (Å²) in [5.41, 5.74) is 0.508. The standard InChI is InChI=1S/C30H29F3N4O6/c1-41-24-12-18-4-9-23(24)42-17-28(39)35-13-19-2-7-21(8-3-19)43-25-16-37(15-22(25)36-27(38)11-5-18)29(40)20-6-10-26(34-14-20)30(31,32)33/h2-4,6-10,12,14,22,25H,5,11,13,15-17H2,1H3,(H,35,39)(H,36,38)/t22-,25-/m0/s1. The lowest BCUT2D eigenvalue weighted by atomic mass is 10.1. The Morgan fingerprint density at radius 2 is 1.77 bits per heavy atom. The van der Waals surface area contributed by atoms with Gasteiger partial charge in [0.2, 0.25) is 5.91 Å². The molecule has 13 heteroatoms. The SMILES string of the molecule is COc1cc2ccc1OCC(=O)NCc1ccc(cc1)O[C@H]1CN(C(=O)c3ccc(C(F)(F)F)nc3)C[C@@H]1NC(=O)CC2. The van der Waals surface area contributed by atoms with Crippen molar-refractivity contribution in [2.75, 3.05) is 26.8 Å². The topological polar surface area (TPSA) is 119 Å². The minimum absolute atomic E-state index is 0.0103. The fourth-order valence-electron chi connectivity index (χ4n) is 4.85. The number of benzene rings is 2. The summed E-state index contributed by atoms with van der Waals surface area (Å²) in [6.45, 7) is 0.214. The van der Waals surface area contributed by atoms with Gasteiger partial charge >= 0.3 is 6.18 Å². The maximum absolute atomic E-state index is 13.2. The quantitative estimate of drug-likeness (QED) is 0.465. The molecule has 1 fully saturated rings. The largest absolute Gasteiger partial charge is 0.493 e. The number of nitrogens with zero attached hydrogens (tertiary/aromatic N) is 2. The van der Waals surface area contributed by atoms with E-state index in [-0.39, 0.29) is 50.0 Å². The third-order valence-corrected chi connectivity index (χ3v) is 7.13. The molecule has 10 nitrogen and oxygen atoms in total. The molecule has 6 heterocycles. The predicted molar refractivity (Wildman–Crippen MR) is 147 cm³/mol. The highest BCUT2D eigenvalue weighted by molar-refractivity contribution is 5.94. The number of aromatic nitrogens is 1. The number of amides is 3. The summed E-state index contributed by atoms with van der Waals surface area (Å²) < 4.78 is 56.0. The lowest BCUT2D eigenvalue weighted by Crippen LogP contribution is -2.45. The molecular formula is C30H29F3N4O6. The summed E-state index contributed by atoms with van der Waals surface area (Å²) in [5.74, 6) is 0.173. The number of likely N-dealkylation sites (tertiary alicyclic amines) is 1. The van der Waals surface area contributed by atoms with Gasteiger partial charge in [-0.1, -0.05) is 18.2 Å². The smallest absolute Gasteiger partial charge is 0.433 e. The van der Waals surface area contributed by atoms with Crippen molar-refractivity contribution >= 4 is 17.7 Å². The molecule has 3 amide bonds. The highest BCUT2D eigenvalue weighted by atomic mass is 19.4. The maximum Gasteiger partial charge on any atom is 0.433 e. The van der Waals surface area contributed by atoms with Gasteiger partial charge in [-0.15, -0.1) is 0 Å². The van der Waals surface area contributed by atoms with Crippen LogP contribution < -0.4 is 24.8 Å². The van der Waals surface area contributed by atoms with Crippen LogP contribution >= 0.6 is 0 Å². The van der Waals surface area contributed by atoms with Crippen molar-refractivity contribution in [1.29, 1.82) is 0 Å². The van der Waals surface area contributed by atoms with Crippen molar-refractivity contribution in [3.63, 3.8) is 0 Å². The molecule has 1 aromatic heterocycles. The van der Waals surface area contributed by atoms with Crippen LogP contribution in [0.25, 0.3) is 0 Å². The predicted octanol–water partition coefficient (Wildman–Crippen LogP) is 3.14. The van der Waals surface area contributed by atoms with Crippen molar-refractivity contribution in [3.8, 4) is 17.2 Å². The van der Waals surface area contributed by atoms with Crippen LogP contribution in [0.1, 0.15) is 33.6 Å². The molecule has 0 spiro atoms. The van der Waals surface area contributed by atoms with Gasteiger partial charge < -0.3 is 29.7 Å². The summed E-state index contributed by atoms with van der Waals surface area (Å²) in [6, 6.07) is 13.4. The Labute approximate surface area is 245 Å². The molecule has 4 bridgehead atoms. The monoisotopic (exact) mass is 598 g/mol. The van der Waals surface area contributed by atoms with E-state index in [1.807, 2.05) is 0 Å². The summed E-state index contributed by atoms with van der Waals surface area (Å²) in [5, 5.41) is 5.75. The van der Waals surface area contributed by atoms with Gasteiger partial charge in [0, 0.05) is 25.7 Å². The summed E-state index contributed by atoms with van der Waals surface area (Å²) >= 11 is 0. The van der Waals surface area contributed by atoms with Gasteiger partial charge in [-0.3, -0.25) is 19.4 Å². The first-order valence-corrected chi connectivity index (χ1v) is 13.5. The Morgan fingerprint density at radius 3 is 2.47 bits per heavy atom. The van der Waals surface area contributed by atoms with Gasteiger partial charge in [-0.2, -0.15) is 13.2 Å². The van der Waals surface area contributed by atoms with Crippen molar-refractivity contribution < 1.29 is 41.8 Å². The van der Waals surface area contributed by atoms with E-state index < -0.39 is 29.9 Å². The number of nitrogens with one attached hydrogen (secondary N) is 2. The van der Waals surface area contributed by atoms with Crippen LogP contribution in [0, 0.1) is 0 Å². The van der Waals surface area contributed by atoms with Crippen LogP contribution in [0.5, 0.6) is 17.2 Å². The molecule has 1 saturated heterocycles. The number of hydrogen-bond donors (Lipinski definition) is 2. The normalized spacial score (nSPS) is 19.5. The number of aryl methyl sites for hydroxylation is 1. The number of alkyl halides is 3. The molecule has 2 aromatic carbocycles. The summed E-state index contributed by atoms with van der Waals surface area (Å²) in [4.78, 5) is 43.4. The third kappa shape index (κ3) is 7.34. The van der Waals surface area contributed by atoms with E-state index in [0.717, 1.165) is 29.5 Å². The van der Waals surface area contributed by atoms with Crippen LogP contribution in [0.3, 0.4) is 0 Å². The lowest BCUT2D eigenvalue weighted by molar-refractivity contribution is -0.141. The van der Waals surface area contributed by atoms with Crippen molar-refractivity contribution in [3.05, 3.63) is 83.2 Å². The number of rotatable bonds is 2. The average molecular weight is 599 g/mol. The summed E-state index contributed by atoms with van der Waals surface area (Å²) in [7, 11) is 1.48. The minimum Gasteiger partial charge on any atom is -0.493 e. The first kappa shape index (κ1) is 29.7. The second kappa shape index (κ2) is 12.6.